The topological polar surface area (TPSA) is 46.2 Å². The maximum atomic E-state index is 10.0. The van der Waals surface area contributed by atoms with Gasteiger partial charge >= 0.3 is 0 Å². The lowest BCUT2D eigenvalue weighted by molar-refractivity contribution is -0.883. The number of ether oxygens (including phenoxy) is 1. The molecule has 4 nitrogen and oxygen atoms in total. The fourth-order valence-electron chi connectivity index (χ4n) is 2.01. The Labute approximate surface area is 122 Å². The van der Waals surface area contributed by atoms with Crippen molar-refractivity contribution in [1.29, 1.82) is 0 Å². The normalized spacial score (nSPS) is 11.5. The monoisotopic (exact) mass is 339 g/mol. The highest BCUT2D eigenvalue weighted by atomic mass is 79.9. The van der Waals surface area contributed by atoms with Crippen LogP contribution in [0.5, 0.6) is 0 Å². The second kappa shape index (κ2) is 5.03. The fraction of sp³-hybridized carbons (Fsp3) is 0.231. The molecule has 98 valence electrons. The second-order valence-electron chi connectivity index (χ2n) is 4.07. The maximum absolute atomic E-state index is 10.0. The van der Waals surface area contributed by atoms with Gasteiger partial charge in [-0.1, -0.05) is 6.07 Å². The summed E-state index contributed by atoms with van der Waals surface area (Å²) in [5.41, 5.74) is 1.54. The van der Waals surface area contributed by atoms with Crippen LogP contribution in [0.3, 0.4) is 0 Å². The summed E-state index contributed by atoms with van der Waals surface area (Å²) in [7, 11) is 0. The molecule has 0 amide bonds. The Kier molecular flexibility index (Phi) is 3.38. The van der Waals surface area contributed by atoms with Gasteiger partial charge in [-0.15, -0.1) is 11.3 Å². The Morgan fingerprint density at radius 2 is 2.32 bits per heavy atom. The number of thiazole rings is 1. The first-order valence-electron chi connectivity index (χ1n) is 5.90. The zero-order chi connectivity index (χ0) is 13.4. The van der Waals surface area contributed by atoms with Crippen molar-refractivity contribution in [3.8, 4) is 0 Å². The Morgan fingerprint density at radius 3 is 3.11 bits per heavy atom. The standard InChI is InChI=1S/C13H12BrN2O2S/c1-2-18-7-11-15-9-6-16(17)10-5-3-4-8(14)12(10)13(9)19-11/h3-6,17H,2,7H2,1H3/q+1. The van der Waals surface area contributed by atoms with E-state index in [1.54, 1.807) is 17.5 Å². The molecule has 3 rings (SSSR count). The first-order valence-corrected chi connectivity index (χ1v) is 7.51. The van der Waals surface area contributed by atoms with Crippen LogP contribution in [0.4, 0.5) is 0 Å². The summed E-state index contributed by atoms with van der Waals surface area (Å²) < 4.78 is 8.51. The van der Waals surface area contributed by atoms with Gasteiger partial charge in [0.2, 0.25) is 6.20 Å². The third-order valence-corrected chi connectivity index (χ3v) is 4.56. The van der Waals surface area contributed by atoms with Crippen LogP contribution in [-0.2, 0) is 11.3 Å². The van der Waals surface area contributed by atoms with E-state index in [4.69, 9.17) is 4.74 Å². The van der Waals surface area contributed by atoms with Crippen LogP contribution in [-0.4, -0.2) is 16.8 Å². The molecule has 6 heteroatoms. The number of fused-ring (bicyclic) bond motifs is 3. The molecule has 2 aromatic heterocycles. The number of benzene rings is 1. The van der Waals surface area contributed by atoms with E-state index in [-0.39, 0.29) is 0 Å². The van der Waals surface area contributed by atoms with Crippen LogP contribution >= 0.6 is 27.3 Å². The van der Waals surface area contributed by atoms with Crippen molar-refractivity contribution in [1.82, 2.24) is 4.98 Å². The van der Waals surface area contributed by atoms with Crippen molar-refractivity contribution < 1.29 is 14.7 Å². The van der Waals surface area contributed by atoms with Crippen molar-refractivity contribution in [2.24, 2.45) is 0 Å². The number of nitrogens with zero attached hydrogens (tertiary/aromatic N) is 2. The van der Waals surface area contributed by atoms with Gasteiger partial charge in [-0.25, -0.2) is 4.98 Å². The Bertz CT molecular complexity index is 757. The summed E-state index contributed by atoms with van der Waals surface area (Å²) >= 11 is 5.14. The van der Waals surface area contributed by atoms with Crippen molar-refractivity contribution in [2.45, 2.75) is 13.5 Å². The van der Waals surface area contributed by atoms with E-state index in [1.807, 2.05) is 25.1 Å². The average molecular weight is 340 g/mol. The Hall–Kier alpha value is -1.24. The third-order valence-electron chi connectivity index (χ3n) is 2.84. The minimum absolute atomic E-state index is 0.507. The summed E-state index contributed by atoms with van der Waals surface area (Å²) in [6.45, 7) is 3.13. The summed E-state index contributed by atoms with van der Waals surface area (Å²) in [6.07, 6.45) is 1.63. The molecule has 0 bridgehead atoms. The van der Waals surface area contributed by atoms with Crippen LogP contribution in [0.15, 0.2) is 28.9 Å². The summed E-state index contributed by atoms with van der Waals surface area (Å²) in [5, 5.41) is 11.9. The van der Waals surface area contributed by atoms with Gasteiger partial charge < -0.3 is 4.74 Å². The van der Waals surface area contributed by atoms with E-state index in [1.165, 1.54) is 0 Å². The van der Waals surface area contributed by atoms with Gasteiger partial charge in [-0.05, 0) is 28.9 Å². The predicted octanol–water partition coefficient (Wildman–Crippen LogP) is 3.27. The lowest BCUT2D eigenvalue weighted by Gasteiger charge is -1.97. The molecule has 1 aromatic carbocycles. The number of rotatable bonds is 3. The van der Waals surface area contributed by atoms with Gasteiger partial charge in [-0.3, -0.25) is 5.21 Å². The van der Waals surface area contributed by atoms with Crippen LogP contribution < -0.4 is 4.73 Å². The lowest BCUT2D eigenvalue weighted by atomic mass is 10.2. The van der Waals surface area contributed by atoms with E-state index >= 15 is 0 Å². The van der Waals surface area contributed by atoms with E-state index < -0.39 is 0 Å². The summed E-state index contributed by atoms with van der Waals surface area (Å²) in [6, 6.07) is 5.73. The number of hydrogen-bond donors (Lipinski definition) is 1. The van der Waals surface area contributed by atoms with Crippen LogP contribution in [0.1, 0.15) is 11.9 Å². The number of pyridine rings is 1. The summed E-state index contributed by atoms with van der Waals surface area (Å²) in [5.74, 6) is 0. The molecule has 0 saturated heterocycles. The molecule has 0 spiro atoms. The molecular formula is C13H12BrN2O2S+. The fourth-order valence-corrected chi connectivity index (χ4v) is 3.74. The lowest BCUT2D eigenvalue weighted by Crippen LogP contribution is -2.30. The van der Waals surface area contributed by atoms with Crippen LogP contribution in [0.2, 0.25) is 0 Å². The average Bonchev–Trinajstić information content (AvgIpc) is 2.79. The van der Waals surface area contributed by atoms with Crippen LogP contribution in [0, 0.1) is 0 Å². The number of hydrogen-bond acceptors (Lipinski definition) is 4. The Balaban J connectivity index is 2.29. The second-order valence-corrected chi connectivity index (χ2v) is 6.00. The van der Waals surface area contributed by atoms with Gasteiger partial charge in [-0.2, -0.15) is 0 Å². The number of halogens is 1. The Morgan fingerprint density at radius 1 is 1.47 bits per heavy atom. The van der Waals surface area contributed by atoms with Gasteiger partial charge in [0, 0.05) is 21.9 Å². The van der Waals surface area contributed by atoms with Crippen molar-refractivity contribution >= 4 is 48.4 Å². The zero-order valence-corrected chi connectivity index (χ0v) is 12.7. The van der Waals surface area contributed by atoms with Crippen molar-refractivity contribution in [3.63, 3.8) is 0 Å². The van der Waals surface area contributed by atoms with E-state index in [0.29, 0.717) is 13.2 Å². The number of aromatic nitrogens is 2. The van der Waals surface area contributed by atoms with Crippen LogP contribution in [0.25, 0.3) is 21.1 Å². The maximum Gasteiger partial charge on any atom is 0.267 e. The molecule has 0 radical (unpaired) electrons. The zero-order valence-electron chi connectivity index (χ0n) is 10.3. The minimum atomic E-state index is 0.507. The van der Waals surface area contributed by atoms with Crippen molar-refractivity contribution in [3.05, 3.63) is 33.9 Å². The molecule has 19 heavy (non-hydrogen) atoms. The van der Waals surface area contributed by atoms with Gasteiger partial charge in [0.05, 0.1) is 16.7 Å². The van der Waals surface area contributed by atoms with E-state index in [0.717, 1.165) is 35.3 Å². The van der Waals surface area contributed by atoms with Gasteiger partial charge in [0.15, 0.2) is 5.52 Å². The highest BCUT2D eigenvalue weighted by molar-refractivity contribution is 9.10. The SMILES string of the molecule is CCOCc1nc2c[n+](O)c3cccc(Br)c3c2s1. The first kappa shape index (κ1) is 12.8. The molecule has 0 aliphatic carbocycles. The minimum Gasteiger partial charge on any atom is -0.375 e. The molecule has 0 saturated carbocycles. The molecule has 0 fully saturated rings. The van der Waals surface area contributed by atoms with Gasteiger partial charge in [0.1, 0.15) is 5.01 Å². The molecule has 0 unspecified atom stereocenters. The third kappa shape index (κ3) is 2.20. The molecule has 0 aliphatic heterocycles. The van der Waals surface area contributed by atoms with E-state index in [2.05, 4.69) is 20.9 Å². The van der Waals surface area contributed by atoms with Crippen molar-refractivity contribution in [2.75, 3.05) is 6.61 Å². The molecule has 0 aliphatic rings. The molecule has 0 atom stereocenters. The quantitative estimate of drug-likeness (QED) is 0.588. The molecule has 3 aromatic rings. The first-order chi connectivity index (χ1) is 9.20. The highest BCUT2D eigenvalue weighted by Gasteiger charge is 2.18. The molecular weight excluding hydrogens is 328 g/mol. The van der Waals surface area contributed by atoms with Gasteiger partial charge in [0.25, 0.3) is 5.52 Å². The highest BCUT2D eigenvalue weighted by Crippen LogP contribution is 2.33. The molecule has 1 N–H and O–H groups in total. The summed E-state index contributed by atoms with van der Waals surface area (Å²) in [4.78, 5) is 4.49. The smallest absolute Gasteiger partial charge is 0.267 e. The largest absolute Gasteiger partial charge is 0.375 e. The molecule has 2 heterocycles. The predicted molar refractivity (Wildman–Crippen MR) is 77.5 cm³/mol. The van der Waals surface area contributed by atoms with E-state index in [9.17, 15) is 5.21 Å².